The van der Waals surface area contributed by atoms with Crippen LogP contribution < -0.4 is 5.32 Å². The number of amides is 1. The van der Waals surface area contributed by atoms with Gasteiger partial charge in [-0.3, -0.25) is 4.79 Å². The van der Waals surface area contributed by atoms with E-state index in [9.17, 15) is 4.79 Å². The third-order valence-electron chi connectivity index (χ3n) is 5.47. The van der Waals surface area contributed by atoms with Gasteiger partial charge in [0.2, 0.25) is 0 Å². The molecular formula is C23H21N5O3. The lowest BCUT2D eigenvalue weighted by Gasteiger charge is -2.08. The highest BCUT2D eigenvalue weighted by Crippen LogP contribution is 2.30. The molecule has 0 radical (unpaired) electrons. The van der Waals surface area contributed by atoms with Crippen molar-refractivity contribution in [1.29, 1.82) is 0 Å². The van der Waals surface area contributed by atoms with Crippen molar-refractivity contribution in [1.82, 2.24) is 25.0 Å². The molecule has 0 aliphatic carbocycles. The van der Waals surface area contributed by atoms with E-state index < -0.39 is 0 Å². The Morgan fingerprint density at radius 2 is 1.94 bits per heavy atom. The van der Waals surface area contributed by atoms with Crippen molar-refractivity contribution in [2.75, 3.05) is 0 Å². The Morgan fingerprint density at radius 3 is 2.68 bits per heavy atom. The van der Waals surface area contributed by atoms with Crippen molar-refractivity contribution >= 4 is 28.0 Å². The van der Waals surface area contributed by atoms with Crippen molar-refractivity contribution in [2.24, 2.45) is 7.05 Å². The number of hydrogen-bond acceptors (Lipinski definition) is 6. The van der Waals surface area contributed by atoms with Crippen molar-refractivity contribution < 1.29 is 13.7 Å². The number of imidazole rings is 1. The van der Waals surface area contributed by atoms with Crippen LogP contribution >= 0.6 is 0 Å². The maximum absolute atomic E-state index is 13.2. The molecule has 5 aromatic rings. The Balaban J connectivity index is 1.52. The fourth-order valence-electron chi connectivity index (χ4n) is 3.90. The molecule has 0 saturated carbocycles. The van der Waals surface area contributed by atoms with Gasteiger partial charge in [-0.2, -0.15) is 0 Å². The largest absolute Gasteiger partial charge is 0.466 e. The molecule has 31 heavy (non-hydrogen) atoms. The molecule has 156 valence electrons. The van der Waals surface area contributed by atoms with E-state index >= 15 is 0 Å². The summed E-state index contributed by atoms with van der Waals surface area (Å²) in [5.41, 5.74) is 4.71. The molecule has 0 aliphatic heterocycles. The second-order valence-corrected chi connectivity index (χ2v) is 7.59. The van der Waals surface area contributed by atoms with Crippen LogP contribution in [0, 0.1) is 20.8 Å². The van der Waals surface area contributed by atoms with Crippen LogP contribution in [0.4, 0.5) is 0 Å². The molecule has 1 amide bonds. The molecule has 1 aromatic carbocycles. The zero-order valence-corrected chi connectivity index (χ0v) is 17.7. The summed E-state index contributed by atoms with van der Waals surface area (Å²) < 4.78 is 13.0. The van der Waals surface area contributed by atoms with Gasteiger partial charge in [-0.05, 0) is 45.0 Å². The van der Waals surface area contributed by atoms with E-state index in [0.717, 1.165) is 33.9 Å². The van der Waals surface area contributed by atoms with Gasteiger partial charge in [-0.1, -0.05) is 17.3 Å². The second-order valence-electron chi connectivity index (χ2n) is 7.59. The third-order valence-corrected chi connectivity index (χ3v) is 5.47. The first-order chi connectivity index (χ1) is 14.9. The lowest BCUT2D eigenvalue weighted by atomic mass is 10.1. The summed E-state index contributed by atoms with van der Waals surface area (Å²) in [5.74, 6) is 2.02. The standard InChI is InChI=1S/C23H21N5O3/c1-12-9-15(14(3)30-12)18-10-16(21-13(2)27-31-23(21)26-18)22(29)24-11-20-25-17-7-5-6-8-19(17)28(20)4/h5-10H,11H2,1-4H3,(H,24,29). The zero-order valence-electron chi connectivity index (χ0n) is 17.7. The van der Waals surface area contributed by atoms with E-state index in [2.05, 4.69) is 20.4 Å². The Morgan fingerprint density at radius 1 is 1.13 bits per heavy atom. The van der Waals surface area contributed by atoms with Crippen molar-refractivity contribution in [3.8, 4) is 11.3 Å². The smallest absolute Gasteiger partial charge is 0.259 e. The van der Waals surface area contributed by atoms with E-state index in [0.29, 0.717) is 28.1 Å². The lowest BCUT2D eigenvalue weighted by molar-refractivity contribution is 0.0951. The van der Waals surface area contributed by atoms with Gasteiger partial charge < -0.3 is 18.8 Å². The molecule has 0 aliphatic rings. The summed E-state index contributed by atoms with van der Waals surface area (Å²) in [4.78, 5) is 22.4. The van der Waals surface area contributed by atoms with E-state index in [1.54, 1.807) is 13.0 Å². The van der Waals surface area contributed by atoms with Crippen LogP contribution in [0.25, 0.3) is 33.4 Å². The number of aryl methyl sites for hydroxylation is 4. The summed E-state index contributed by atoms with van der Waals surface area (Å²) in [7, 11) is 1.94. The van der Waals surface area contributed by atoms with Gasteiger partial charge in [0, 0.05) is 12.6 Å². The number of pyridine rings is 1. The average Bonchev–Trinajstić information content (AvgIpc) is 3.41. The van der Waals surface area contributed by atoms with Gasteiger partial charge in [0.05, 0.1) is 39.9 Å². The minimum absolute atomic E-state index is 0.245. The second kappa shape index (κ2) is 7.09. The van der Waals surface area contributed by atoms with Crippen LogP contribution in [-0.2, 0) is 13.6 Å². The van der Waals surface area contributed by atoms with Crippen molar-refractivity contribution in [3.63, 3.8) is 0 Å². The number of rotatable bonds is 4. The fraction of sp³-hybridized carbons (Fsp3) is 0.217. The fourth-order valence-corrected chi connectivity index (χ4v) is 3.90. The molecule has 0 saturated heterocycles. The van der Waals surface area contributed by atoms with Crippen LogP contribution in [0.3, 0.4) is 0 Å². The number of furan rings is 1. The monoisotopic (exact) mass is 415 g/mol. The van der Waals surface area contributed by atoms with Crippen LogP contribution in [0.5, 0.6) is 0 Å². The summed E-state index contributed by atoms with van der Waals surface area (Å²) in [6.07, 6.45) is 0. The quantitative estimate of drug-likeness (QED) is 0.472. The lowest BCUT2D eigenvalue weighted by Crippen LogP contribution is -2.25. The zero-order chi connectivity index (χ0) is 21.7. The number of nitrogens with zero attached hydrogens (tertiary/aromatic N) is 4. The van der Waals surface area contributed by atoms with Crippen LogP contribution in [0.15, 0.2) is 45.3 Å². The van der Waals surface area contributed by atoms with Crippen molar-refractivity contribution in [2.45, 2.75) is 27.3 Å². The number of aromatic nitrogens is 4. The van der Waals surface area contributed by atoms with E-state index in [4.69, 9.17) is 8.94 Å². The Hall–Kier alpha value is -3.94. The highest BCUT2D eigenvalue weighted by Gasteiger charge is 2.21. The Bertz CT molecular complexity index is 1460. The SMILES string of the molecule is Cc1cc(-c2cc(C(=O)NCc3nc4ccccc4n3C)c3c(C)noc3n2)c(C)o1. The van der Waals surface area contributed by atoms with Gasteiger partial charge in [-0.15, -0.1) is 0 Å². The number of hydrogen-bond donors (Lipinski definition) is 1. The predicted molar refractivity (Wildman–Crippen MR) is 116 cm³/mol. The summed E-state index contributed by atoms with van der Waals surface area (Å²) in [5, 5.41) is 7.59. The van der Waals surface area contributed by atoms with Gasteiger partial charge in [0.1, 0.15) is 17.3 Å². The molecule has 1 N–H and O–H groups in total. The van der Waals surface area contributed by atoms with Gasteiger partial charge in [-0.25, -0.2) is 9.97 Å². The minimum Gasteiger partial charge on any atom is -0.466 e. The van der Waals surface area contributed by atoms with Gasteiger partial charge in [0.25, 0.3) is 11.6 Å². The Labute approximate surface area is 177 Å². The van der Waals surface area contributed by atoms with E-state index in [-0.39, 0.29) is 12.5 Å². The predicted octanol–water partition coefficient (Wildman–Crippen LogP) is 4.22. The molecule has 4 aromatic heterocycles. The maximum Gasteiger partial charge on any atom is 0.259 e. The highest BCUT2D eigenvalue weighted by atomic mass is 16.5. The van der Waals surface area contributed by atoms with Gasteiger partial charge >= 0.3 is 0 Å². The molecule has 0 atom stereocenters. The summed E-state index contributed by atoms with van der Waals surface area (Å²) >= 11 is 0. The molecule has 8 heteroatoms. The maximum atomic E-state index is 13.2. The highest BCUT2D eigenvalue weighted by molar-refractivity contribution is 6.07. The first-order valence-corrected chi connectivity index (χ1v) is 9.95. The molecule has 0 spiro atoms. The average molecular weight is 415 g/mol. The van der Waals surface area contributed by atoms with E-state index in [1.807, 2.05) is 55.8 Å². The van der Waals surface area contributed by atoms with Gasteiger partial charge in [0.15, 0.2) is 0 Å². The number of nitrogens with one attached hydrogen (secondary N) is 1. The number of benzene rings is 1. The molecule has 0 fully saturated rings. The number of carbonyl (C=O) groups excluding carboxylic acids is 1. The molecule has 0 bridgehead atoms. The van der Waals surface area contributed by atoms with Crippen molar-refractivity contribution in [3.05, 3.63) is 65.0 Å². The topological polar surface area (TPSA) is 99.0 Å². The molecule has 8 nitrogen and oxygen atoms in total. The van der Waals surface area contributed by atoms with Crippen LogP contribution in [-0.4, -0.2) is 25.6 Å². The van der Waals surface area contributed by atoms with Crippen LogP contribution in [0.2, 0.25) is 0 Å². The minimum atomic E-state index is -0.245. The first kappa shape index (κ1) is 19.0. The molecule has 5 rings (SSSR count). The summed E-state index contributed by atoms with van der Waals surface area (Å²) in [6, 6.07) is 11.5. The normalized spacial score (nSPS) is 11.5. The molecule has 4 heterocycles. The number of carbonyl (C=O) groups is 1. The first-order valence-electron chi connectivity index (χ1n) is 9.95. The van der Waals surface area contributed by atoms with Crippen LogP contribution in [0.1, 0.15) is 33.4 Å². The summed E-state index contributed by atoms with van der Waals surface area (Å²) in [6.45, 7) is 5.82. The molecular weight excluding hydrogens is 394 g/mol. The number of fused-ring (bicyclic) bond motifs is 2. The van der Waals surface area contributed by atoms with E-state index in [1.165, 1.54) is 0 Å². The molecule has 0 unspecified atom stereocenters. The Kier molecular flexibility index (Phi) is 4.35. The number of para-hydroxylation sites is 2. The third kappa shape index (κ3) is 3.16.